The topological polar surface area (TPSA) is 76.7 Å². The third-order valence-electron chi connectivity index (χ3n) is 3.97. The first kappa shape index (κ1) is 21.2. The van der Waals surface area contributed by atoms with Crippen LogP contribution in [0.1, 0.15) is 37.8 Å². The number of rotatable bonds is 7. The summed E-state index contributed by atoms with van der Waals surface area (Å²) in [5, 5.41) is 0. The monoisotopic (exact) mass is 388 g/mol. The molecule has 0 bridgehead atoms. The standard InChI is InChI=1S/C21H25FN2O4/c1-13(2)18-10-5-14(3)11-19(18)27-12-20(25)23-24-21(26)15(4)28-17-8-6-16(22)7-9-17/h5-11,13,15H,12H2,1-4H3,(H,23,25)(H,24,26). The average molecular weight is 388 g/mol. The number of hydrazine groups is 1. The molecule has 0 aliphatic heterocycles. The Hall–Kier alpha value is -3.09. The highest BCUT2D eigenvalue weighted by molar-refractivity contribution is 5.85. The molecule has 150 valence electrons. The molecule has 0 heterocycles. The molecule has 2 aromatic carbocycles. The number of halogens is 1. The van der Waals surface area contributed by atoms with Gasteiger partial charge in [0, 0.05) is 0 Å². The molecule has 0 aliphatic carbocycles. The van der Waals surface area contributed by atoms with Crippen molar-refractivity contribution in [3.8, 4) is 11.5 Å². The first-order valence-corrected chi connectivity index (χ1v) is 9.00. The van der Waals surface area contributed by atoms with Crippen molar-refractivity contribution < 1.29 is 23.5 Å². The van der Waals surface area contributed by atoms with Crippen LogP contribution in [0.15, 0.2) is 42.5 Å². The van der Waals surface area contributed by atoms with E-state index in [-0.39, 0.29) is 12.5 Å². The summed E-state index contributed by atoms with van der Waals surface area (Å²) in [5.74, 6) is -0.202. The zero-order valence-electron chi connectivity index (χ0n) is 16.4. The second-order valence-corrected chi connectivity index (χ2v) is 6.74. The third kappa shape index (κ3) is 6.26. The van der Waals surface area contributed by atoms with E-state index in [2.05, 4.69) is 10.9 Å². The molecule has 28 heavy (non-hydrogen) atoms. The molecule has 7 heteroatoms. The van der Waals surface area contributed by atoms with E-state index in [1.54, 1.807) is 0 Å². The lowest BCUT2D eigenvalue weighted by Crippen LogP contribution is -2.48. The van der Waals surface area contributed by atoms with Gasteiger partial charge >= 0.3 is 0 Å². The van der Waals surface area contributed by atoms with Crippen LogP contribution >= 0.6 is 0 Å². The lowest BCUT2D eigenvalue weighted by Gasteiger charge is -2.16. The van der Waals surface area contributed by atoms with Gasteiger partial charge in [-0.2, -0.15) is 0 Å². The number of nitrogens with one attached hydrogen (secondary N) is 2. The molecule has 0 aromatic heterocycles. The van der Waals surface area contributed by atoms with Crippen LogP contribution in [0.2, 0.25) is 0 Å². The molecule has 0 saturated heterocycles. The van der Waals surface area contributed by atoms with Gasteiger partial charge in [0.25, 0.3) is 11.8 Å². The summed E-state index contributed by atoms with van der Waals surface area (Å²) in [5.41, 5.74) is 6.60. The number of amides is 2. The number of benzene rings is 2. The van der Waals surface area contributed by atoms with Crippen molar-refractivity contribution in [3.05, 3.63) is 59.4 Å². The van der Waals surface area contributed by atoms with Crippen LogP contribution < -0.4 is 20.3 Å². The van der Waals surface area contributed by atoms with Crippen LogP contribution in [0.3, 0.4) is 0 Å². The Balaban J connectivity index is 1.81. The maximum atomic E-state index is 12.9. The van der Waals surface area contributed by atoms with Crippen LogP contribution in [0.4, 0.5) is 4.39 Å². The van der Waals surface area contributed by atoms with Gasteiger partial charge in [-0.1, -0.05) is 26.0 Å². The highest BCUT2D eigenvalue weighted by atomic mass is 19.1. The number of aryl methyl sites for hydroxylation is 1. The van der Waals surface area contributed by atoms with E-state index in [4.69, 9.17) is 9.47 Å². The minimum atomic E-state index is -0.879. The van der Waals surface area contributed by atoms with Gasteiger partial charge in [0.1, 0.15) is 17.3 Å². The summed E-state index contributed by atoms with van der Waals surface area (Å²) >= 11 is 0. The maximum Gasteiger partial charge on any atom is 0.279 e. The maximum absolute atomic E-state index is 12.9. The van der Waals surface area contributed by atoms with E-state index >= 15 is 0 Å². The Labute approximate surface area is 164 Å². The van der Waals surface area contributed by atoms with E-state index in [0.29, 0.717) is 11.5 Å². The molecule has 0 fully saturated rings. The van der Waals surface area contributed by atoms with Gasteiger partial charge in [0.2, 0.25) is 0 Å². The fourth-order valence-corrected chi connectivity index (χ4v) is 2.43. The van der Waals surface area contributed by atoms with E-state index in [9.17, 15) is 14.0 Å². The predicted molar refractivity (Wildman–Crippen MR) is 104 cm³/mol. The van der Waals surface area contributed by atoms with Crippen molar-refractivity contribution in [2.75, 3.05) is 6.61 Å². The van der Waals surface area contributed by atoms with Crippen molar-refractivity contribution >= 4 is 11.8 Å². The first-order chi connectivity index (χ1) is 13.3. The summed E-state index contributed by atoms with van der Waals surface area (Å²) < 4.78 is 23.9. The van der Waals surface area contributed by atoms with E-state index < -0.39 is 23.7 Å². The second kappa shape index (κ2) is 9.73. The van der Waals surface area contributed by atoms with E-state index in [1.807, 2.05) is 39.0 Å². The van der Waals surface area contributed by atoms with Crippen molar-refractivity contribution in [1.82, 2.24) is 10.9 Å². The van der Waals surface area contributed by atoms with E-state index in [1.165, 1.54) is 31.2 Å². The van der Waals surface area contributed by atoms with Crippen LogP contribution in [0.5, 0.6) is 11.5 Å². The number of hydrogen-bond acceptors (Lipinski definition) is 4. The second-order valence-electron chi connectivity index (χ2n) is 6.74. The smallest absolute Gasteiger partial charge is 0.279 e. The molecule has 2 aromatic rings. The Morgan fingerprint density at radius 3 is 2.36 bits per heavy atom. The Morgan fingerprint density at radius 2 is 1.71 bits per heavy atom. The molecule has 1 unspecified atom stereocenters. The summed E-state index contributed by atoms with van der Waals surface area (Å²) in [4.78, 5) is 24.0. The molecule has 0 saturated carbocycles. The van der Waals surface area contributed by atoms with E-state index in [0.717, 1.165) is 11.1 Å². The van der Waals surface area contributed by atoms with Crippen LogP contribution in [0, 0.1) is 12.7 Å². The Bertz CT molecular complexity index is 822. The van der Waals surface area contributed by atoms with Crippen LogP contribution in [0.25, 0.3) is 0 Å². The quantitative estimate of drug-likeness (QED) is 0.714. The van der Waals surface area contributed by atoms with Crippen LogP contribution in [-0.2, 0) is 9.59 Å². The zero-order valence-corrected chi connectivity index (χ0v) is 16.4. The van der Waals surface area contributed by atoms with Crippen molar-refractivity contribution in [3.63, 3.8) is 0 Å². The van der Waals surface area contributed by atoms with Gasteiger partial charge in [-0.05, 0) is 61.2 Å². The van der Waals surface area contributed by atoms with Crippen molar-refractivity contribution in [1.29, 1.82) is 0 Å². The summed E-state index contributed by atoms with van der Waals surface area (Å²) in [7, 11) is 0. The lowest BCUT2D eigenvalue weighted by molar-refractivity contribution is -0.133. The van der Waals surface area contributed by atoms with Gasteiger partial charge in [-0.15, -0.1) is 0 Å². The van der Waals surface area contributed by atoms with Crippen molar-refractivity contribution in [2.45, 2.75) is 39.7 Å². The molecule has 2 N–H and O–H groups in total. The van der Waals surface area contributed by atoms with Crippen LogP contribution in [-0.4, -0.2) is 24.5 Å². The van der Waals surface area contributed by atoms with Gasteiger partial charge in [-0.25, -0.2) is 4.39 Å². The molecule has 6 nitrogen and oxygen atoms in total. The fourth-order valence-electron chi connectivity index (χ4n) is 2.43. The summed E-state index contributed by atoms with van der Waals surface area (Å²) in [6.45, 7) is 7.31. The van der Waals surface area contributed by atoms with Gasteiger partial charge in [0.05, 0.1) is 0 Å². The normalized spacial score (nSPS) is 11.6. The Kier molecular flexibility index (Phi) is 7.37. The summed E-state index contributed by atoms with van der Waals surface area (Å²) in [6.07, 6.45) is -0.879. The number of carbonyl (C=O) groups excluding carboxylic acids is 2. The zero-order chi connectivity index (χ0) is 20.7. The highest BCUT2D eigenvalue weighted by Crippen LogP contribution is 2.27. The van der Waals surface area contributed by atoms with Gasteiger partial charge in [-0.3, -0.25) is 20.4 Å². The third-order valence-corrected chi connectivity index (χ3v) is 3.97. The molecule has 0 aliphatic rings. The van der Waals surface area contributed by atoms with Gasteiger partial charge in [0.15, 0.2) is 12.7 Å². The van der Waals surface area contributed by atoms with Crippen molar-refractivity contribution in [2.24, 2.45) is 0 Å². The minimum absolute atomic E-state index is 0.239. The first-order valence-electron chi connectivity index (χ1n) is 9.00. The molecular formula is C21H25FN2O4. The summed E-state index contributed by atoms with van der Waals surface area (Å²) in [6, 6.07) is 11.1. The largest absolute Gasteiger partial charge is 0.483 e. The fraction of sp³-hybridized carbons (Fsp3) is 0.333. The number of ether oxygens (including phenoxy) is 2. The Morgan fingerprint density at radius 1 is 1.04 bits per heavy atom. The molecule has 0 radical (unpaired) electrons. The molecular weight excluding hydrogens is 363 g/mol. The minimum Gasteiger partial charge on any atom is -0.483 e. The highest BCUT2D eigenvalue weighted by Gasteiger charge is 2.16. The SMILES string of the molecule is Cc1ccc(C(C)C)c(OCC(=O)NNC(=O)C(C)Oc2ccc(F)cc2)c1. The number of hydrogen-bond donors (Lipinski definition) is 2. The molecule has 2 rings (SSSR count). The average Bonchev–Trinajstić information content (AvgIpc) is 2.65. The predicted octanol–water partition coefficient (Wildman–Crippen LogP) is 3.25. The molecule has 0 spiro atoms. The lowest BCUT2D eigenvalue weighted by atomic mass is 10.0. The number of carbonyl (C=O) groups is 2. The molecule has 2 amide bonds. The van der Waals surface area contributed by atoms with Gasteiger partial charge < -0.3 is 9.47 Å². The molecule has 1 atom stereocenters.